The third-order valence-electron chi connectivity index (χ3n) is 2.86. The number of anilines is 1. The van der Waals surface area contributed by atoms with Crippen LogP contribution in [0.2, 0.25) is 0 Å². The second-order valence-corrected chi connectivity index (χ2v) is 5.25. The summed E-state index contributed by atoms with van der Waals surface area (Å²) in [4.78, 5) is 9.11. The van der Waals surface area contributed by atoms with Gasteiger partial charge in [0.05, 0.1) is 0 Å². The van der Waals surface area contributed by atoms with E-state index in [2.05, 4.69) is 29.1 Å². The molecule has 0 saturated heterocycles. The lowest BCUT2D eigenvalue weighted by atomic mass is 10.1. The van der Waals surface area contributed by atoms with Crippen LogP contribution in [0.3, 0.4) is 0 Å². The van der Waals surface area contributed by atoms with Crippen LogP contribution < -0.4 is 5.32 Å². The first-order valence-corrected chi connectivity index (χ1v) is 6.99. The summed E-state index contributed by atoms with van der Waals surface area (Å²) >= 11 is 0. The van der Waals surface area contributed by atoms with Gasteiger partial charge in [-0.3, -0.25) is 0 Å². The molecule has 0 aliphatic carbocycles. The van der Waals surface area contributed by atoms with E-state index in [1.165, 1.54) is 0 Å². The molecule has 0 fully saturated rings. The van der Waals surface area contributed by atoms with Crippen LogP contribution in [0.4, 0.5) is 5.82 Å². The first kappa shape index (κ1) is 14.3. The van der Waals surface area contributed by atoms with Gasteiger partial charge in [0.1, 0.15) is 11.6 Å². The fourth-order valence-electron chi connectivity index (χ4n) is 2.07. The van der Waals surface area contributed by atoms with Gasteiger partial charge in [0, 0.05) is 23.9 Å². The smallest absolute Gasteiger partial charge is 0.161 e. The highest BCUT2D eigenvalue weighted by molar-refractivity contribution is 5.59. The molecule has 1 heterocycles. The van der Waals surface area contributed by atoms with Crippen molar-refractivity contribution in [1.82, 2.24) is 9.97 Å². The molecule has 2 rings (SSSR count). The highest BCUT2D eigenvalue weighted by Gasteiger charge is 2.08. The van der Waals surface area contributed by atoms with E-state index < -0.39 is 0 Å². The van der Waals surface area contributed by atoms with Gasteiger partial charge in [-0.05, 0) is 31.4 Å². The van der Waals surface area contributed by atoms with Crippen molar-refractivity contribution in [2.45, 2.75) is 27.2 Å². The van der Waals surface area contributed by atoms with Crippen molar-refractivity contribution in [2.24, 2.45) is 5.92 Å². The topological polar surface area (TPSA) is 58.0 Å². The molecule has 2 aromatic rings. The number of hydrogen-bond donors (Lipinski definition) is 2. The standard InChI is InChI=1S/C16H21N3O/c1-4-17-15-10-13(8-11(2)3)18-16(19-15)12-6-5-7-14(20)9-12/h5-7,9-11,20H,4,8H2,1-3H3,(H,17,18,19). The van der Waals surface area contributed by atoms with Crippen LogP contribution >= 0.6 is 0 Å². The van der Waals surface area contributed by atoms with Crippen molar-refractivity contribution in [1.29, 1.82) is 0 Å². The van der Waals surface area contributed by atoms with E-state index in [-0.39, 0.29) is 5.75 Å². The molecule has 0 saturated carbocycles. The molecule has 2 N–H and O–H groups in total. The zero-order valence-electron chi connectivity index (χ0n) is 12.2. The Bertz CT molecular complexity index is 582. The highest BCUT2D eigenvalue weighted by atomic mass is 16.3. The van der Waals surface area contributed by atoms with E-state index in [0.717, 1.165) is 30.0 Å². The monoisotopic (exact) mass is 271 g/mol. The molecule has 0 aliphatic heterocycles. The number of nitrogens with one attached hydrogen (secondary N) is 1. The van der Waals surface area contributed by atoms with Gasteiger partial charge in [-0.2, -0.15) is 0 Å². The normalized spacial score (nSPS) is 10.8. The number of phenolic OH excluding ortho intramolecular Hbond substituents is 1. The Morgan fingerprint density at radius 3 is 2.65 bits per heavy atom. The maximum Gasteiger partial charge on any atom is 0.161 e. The van der Waals surface area contributed by atoms with E-state index in [0.29, 0.717) is 11.7 Å². The van der Waals surface area contributed by atoms with Crippen molar-refractivity contribution in [2.75, 3.05) is 11.9 Å². The highest BCUT2D eigenvalue weighted by Crippen LogP contribution is 2.22. The van der Waals surface area contributed by atoms with Crippen molar-refractivity contribution >= 4 is 5.82 Å². The minimum absolute atomic E-state index is 0.227. The molecular weight excluding hydrogens is 250 g/mol. The number of hydrogen-bond acceptors (Lipinski definition) is 4. The molecule has 1 aromatic carbocycles. The van der Waals surface area contributed by atoms with Gasteiger partial charge >= 0.3 is 0 Å². The number of aromatic hydroxyl groups is 1. The summed E-state index contributed by atoms with van der Waals surface area (Å²) in [6.07, 6.45) is 0.909. The van der Waals surface area contributed by atoms with Gasteiger partial charge in [0.25, 0.3) is 0 Å². The van der Waals surface area contributed by atoms with E-state index in [4.69, 9.17) is 0 Å². The largest absolute Gasteiger partial charge is 0.508 e. The van der Waals surface area contributed by atoms with Crippen LogP contribution in [-0.2, 0) is 6.42 Å². The van der Waals surface area contributed by atoms with Gasteiger partial charge < -0.3 is 10.4 Å². The average Bonchev–Trinajstić information content (AvgIpc) is 2.38. The summed E-state index contributed by atoms with van der Waals surface area (Å²) in [7, 11) is 0. The minimum Gasteiger partial charge on any atom is -0.508 e. The van der Waals surface area contributed by atoms with Gasteiger partial charge in [0.15, 0.2) is 5.82 Å². The predicted molar refractivity (Wildman–Crippen MR) is 81.8 cm³/mol. The summed E-state index contributed by atoms with van der Waals surface area (Å²) in [6, 6.07) is 9.03. The summed E-state index contributed by atoms with van der Waals surface area (Å²) in [6.45, 7) is 7.20. The molecule has 0 unspecified atom stereocenters. The second kappa shape index (κ2) is 6.37. The SMILES string of the molecule is CCNc1cc(CC(C)C)nc(-c2cccc(O)c2)n1. The number of nitrogens with zero attached hydrogens (tertiary/aromatic N) is 2. The first-order valence-electron chi connectivity index (χ1n) is 6.99. The number of phenols is 1. The maximum absolute atomic E-state index is 9.59. The van der Waals surface area contributed by atoms with Crippen molar-refractivity contribution < 1.29 is 5.11 Å². The van der Waals surface area contributed by atoms with Crippen molar-refractivity contribution in [3.05, 3.63) is 36.0 Å². The Morgan fingerprint density at radius 1 is 1.20 bits per heavy atom. The van der Waals surface area contributed by atoms with Crippen LogP contribution in [0.5, 0.6) is 5.75 Å². The van der Waals surface area contributed by atoms with E-state index in [9.17, 15) is 5.11 Å². The van der Waals surface area contributed by atoms with Gasteiger partial charge in [0.2, 0.25) is 0 Å². The Kier molecular flexibility index (Phi) is 4.56. The Labute approximate surface area is 119 Å². The fraction of sp³-hybridized carbons (Fsp3) is 0.375. The summed E-state index contributed by atoms with van der Waals surface area (Å²) in [5.41, 5.74) is 1.85. The lowest BCUT2D eigenvalue weighted by Gasteiger charge is -2.10. The van der Waals surface area contributed by atoms with Crippen LogP contribution in [0.1, 0.15) is 26.5 Å². The Balaban J connectivity index is 2.43. The van der Waals surface area contributed by atoms with Crippen LogP contribution in [0, 0.1) is 5.92 Å². The summed E-state index contributed by atoms with van der Waals surface area (Å²) in [5, 5.41) is 12.8. The van der Waals surface area contributed by atoms with Gasteiger partial charge in [-0.15, -0.1) is 0 Å². The van der Waals surface area contributed by atoms with Crippen LogP contribution in [0.15, 0.2) is 30.3 Å². The number of benzene rings is 1. The van der Waals surface area contributed by atoms with Gasteiger partial charge in [-0.1, -0.05) is 26.0 Å². The van der Waals surface area contributed by atoms with Crippen LogP contribution in [0.25, 0.3) is 11.4 Å². The third kappa shape index (κ3) is 3.70. The minimum atomic E-state index is 0.227. The number of rotatable bonds is 5. The molecule has 20 heavy (non-hydrogen) atoms. The van der Waals surface area contributed by atoms with Crippen LogP contribution in [-0.4, -0.2) is 21.6 Å². The molecule has 0 amide bonds. The van der Waals surface area contributed by atoms with E-state index in [1.807, 2.05) is 19.1 Å². The number of aromatic nitrogens is 2. The lowest BCUT2D eigenvalue weighted by molar-refractivity contribution is 0.475. The molecule has 0 atom stereocenters. The average molecular weight is 271 g/mol. The fourth-order valence-corrected chi connectivity index (χ4v) is 2.07. The molecule has 0 aliphatic rings. The van der Waals surface area contributed by atoms with E-state index in [1.54, 1.807) is 18.2 Å². The molecule has 0 bridgehead atoms. The summed E-state index contributed by atoms with van der Waals surface area (Å²) < 4.78 is 0. The maximum atomic E-state index is 9.59. The quantitative estimate of drug-likeness (QED) is 0.874. The van der Waals surface area contributed by atoms with Crippen molar-refractivity contribution in [3.63, 3.8) is 0 Å². The lowest BCUT2D eigenvalue weighted by Crippen LogP contribution is -2.06. The predicted octanol–water partition coefficient (Wildman–Crippen LogP) is 3.48. The molecule has 106 valence electrons. The molecule has 0 radical (unpaired) electrons. The molecular formula is C16H21N3O. The Hall–Kier alpha value is -2.10. The molecule has 4 nitrogen and oxygen atoms in total. The van der Waals surface area contributed by atoms with Gasteiger partial charge in [-0.25, -0.2) is 9.97 Å². The molecule has 4 heteroatoms. The zero-order valence-corrected chi connectivity index (χ0v) is 12.2. The zero-order chi connectivity index (χ0) is 14.5. The van der Waals surface area contributed by atoms with E-state index >= 15 is 0 Å². The molecule has 0 spiro atoms. The second-order valence-electron chi connectivity index (χ2n) is 5.25. The Morgan fingerprint density at radius 2 is 2.00 bits per heavy atom. The molecule has 1 aromatic heterocycles. The van der Waals surface area contributed by atoms with Crippen molar-refractivity contribution in [3.8, 4) is 17.1 Å². The first-order chi connectivity index (χ1) is 9.58. The third-order valence-corrected chi connectivity index (χ3v) is 2.86. The summed E-state index contributed by atoms with van der Waals surface area (Å²) in [5.74, 6) is 2.24.